The molecule has 2 rings (SSSR count). The molecule has 0 spiro atoms. The maximum Gasteiger partial charge on any atom is 0.257 e. The summed E-state index contributed by atoms with van der Waals surface area (Å²) in [5.74, 6) is -0.787. The Morgan fingerprint density at radius 1 is 1.56 bits per heavy atom. The highest BCUT2D eigenvalue weighted by Gasteiger charge is 2.27. The zero-order valence-electron chi connectivity index (χ0n) is 10.8. The summed E-state index contributed by atoms with van der Waals surface area (Å²) in [5.41, 5.74) is 0.113. The van der Waals surface area contributed by atoms with E-state index in [0.29, 0.717) is 19.1 Å². The summed E-state index contributed by atoms with van der Waals surface area (Å²) < 4.78 is 13.5. The Labute approximate surface area is 106 Å². The Morgan fingerprint density at radius 2 is 2.33 bits per heavy atom. The third kappa shape index (κ3) is 2.51. The van der Waals surface area contributed by atoms with Gasteiger partial charge in [-0.3, -0.25) is 14.7 Å². The van der Waals surface area contributed by atoms with Gasteiger partial charge in [0.1, 0.15) is 0 Å². The van der Waals surface area contributed by atoms with Crippen molar-refractivity contribution in [3.8, 4) is 0 Å². The number of rotatable bonds is 2. The Kier molecular flexibility index (Phi) is 3.91. The smallest absolute Gasteiger partial charge is 0.257 e. The zero-order valence-corrected chi connectivity index (χ0v) is 10.8. The molecule has 0 aliphatic carbocycles. The van der Waals surface area contributed by atoms with E-state index >= 15 is 0 Å². The minimum Gasteiger partial charge on any atom is -0.336 e. The van der Waals surface area contributed by atoms with Gasteiger partial charge in [0.15, 0.2) is 5.82 Å². The van der Waals surface area contributed by atoms with Crippen LogP contribution in [0.15, 0.2) is 18.5 Å². The molecule has 2 heterocycles. The van der Waals surface area contributed by atoms with Crippen molar-refractivity contribution in [1.82, 2.24) is 14.8 Å². The number of pyridine rings is 1. The lowest BCUT2D eigenvalue weighted by molar-refractivity contribution is 0.0524. The fourth-order valence-corrected chi connectivity index (χ4v) is 2.37. The minimum absolute atomic E-state index is 0.113. The normalized spacial score (nSPS) is 21.1. The van der Waals surface area contributed by atoms with Crippen LogP contribution in [-0.4, -0.2) is 52.9 Å². The van der Waals surface area contributed by atoms with Gasteiger partial charge in [-0.15, -0.1) is 0 Å². The fraction of sp³-hybridized carbons (Fsp3) is 0.538. The number of nitrogens with zero attached hydrogens (tertiary/aromatic N) is 3. The molecule has 0 N–H and O–H groups in total. The Morgan fingerprint density at radius 3 is 2.94 bits per heavy atom. The number of carbonyl (C=O) groups is 1. The molecule has 0 radical (unpaired) electrons. The summed E-state index contributed by atoms with van der Waals surface area (Å²) in [5, 5.41) is 0. The molecule has 0 saturated carbocycles. The van der Waals surface area contributed by atoms with Crippen molar-refractivity contribution >= 4 is 5.91 Å². The van der Waals surface area contributed by atoms with E-state index in [2.05, 4.69) is 23.7 Å². The number of hydrogen-bond acceptors (Lipinski definition) is 3. The first kappa shape index (κ1) is 13.0. The summed E-state index contributed by atoms with van der Waals surface area (Å²) in [7, 11) is 0. The molecule has 1 aliphatic rings. The maximum atomic E-state index is 13.5. The van der Waals surface area contributed by atoms with Crippen molar-refractivity contribution in [3.05, 3.63) is 29.8 Å². The average molecular weight is 251 g/mol. The van der Waals surface area contributed by atoms with Crippen LogP contribution in [0, 0.1) is 5.82 Å². The molecule has 0 bridgehead atoms. The average Bonchev–Trinajstić information content (AvgIpc) is 2.38. The lowest BCUT2D eigenvalue weighted by Gasteiger charge is -2.39. The molecule has 98 valence electrons. The van der Waals surface area contributed by atoms with Crippen LogP contribution in [0.1, 0.15) is 24.2 Å². The van der Waals surface area contributed by atoms with Gasteiger partial charge in [-0.25, -0.2) is 4.39 Å². The maximum absolute atomic E-state index is 13.5. The lowest BCUT2D eigenvalue weighted by Crippen LogP contribution is -2.53. The summed E-state index contributed by atoms with van der Waals surface area (Å²) in [4.78, 5) is 19.9. The zero-order chi connectivity index (χ0) is 13.1. The molecule has 1 unspecified atom stereocenters. The first-order chi connectivity index (χ1) is 8.63. The van der Waals surface area contributed by atoms with Gasteiger partial charge < -0.3 is 4.90 Å². The van der Waals surface area contributed by atoms with Crippen molar-refractivity contribution in [2.24, 2.45) is 0 Å². The van der Waals surface area contributed by atoms with Crippen LogP contribution >= 0.6 is 0 Å². The van der Waals surface area contributed by atoms with Crippen LogP contribution in [0.3, 0.4) is 0 Å². The molecular weight excluding hydrogens is 233 g/mol. The van der Waals surface area contributed by atoms with Crippen LogP contribution in [0.5, 0.6) is 0 Å². The van der Waals surface area contributed by atoms with Crippen molar-refractivity contribution in [1.29, 1.82) is 0 Å². The van der Waals surface area contributed by atoms with E-state index in [9.17, 15) is 9.18 Å². The minimum atomic E-state index is -0.548. The topological polar surface area (TPSA) is 36.4 Å². The molecule has 5 heteroatoms. The van der Waals surface area contributed by atoms with E-state index < -0.39 is 5.82 Å². The van der Waals surface area contributed by atoms with Crippen LogP contribution in [0.25, 0.3) is 0 Å². The standard InChI is InChI=1S/C13H18FN3O/c1-3-16-6-7-17(9-10(16)2)13(18)11-4-5-15-8-12(11)14/h4-5,8,10H,3,6-7,9H2,1-2H3. The lowest BCUT2D eigenvalue weighted by atomic mass is 10.1. The first-order valence-corrected chi connectivity index (χ1v) is 6.26. The number of halogens is 1. The number of aromatic nitrogens is 1. The summed E-state index contributed by atoms with van der Waals surface area (Å²) in [6.07, 6.45) is 2.53. The van der Waals surface area contributed by atoms with Gasteiger partial charge in [-0.05, 0) is 19.5 Å². The van der Waals surface area contributed by atoms with E-state index in [1.54, 1.807) is 4.90 Å². The molecule has 1 fully saturated rings. The van der Waals surface area contributed by atoms with Crippen LogP contribution in [0.4, 0.5) is 4.39 Å². The van der Waals surface area contributed by atoms with Gasteiger partial charge in [0.2, 0.25) is 0 Å². The molecule has 18 heavy (non-hydrogen) atoms. The van der Waals surface area contributed by atoms with E-state index in [1.165, 1.54) is 12.3 Å². The first-order valence-electron chi connectivity index (χ1n) is 6.26. The summed E-state index contributed by atoms with van der Waals surface area (Å²) in [6.45, 7) is 7.32. The molecule has 1 aliphatic heterocycles. The largest absolute Gasteiger partial charge is 0.336 e. The second-order valence-electron chi connectivity index (χ2n) is 4.58. The van der Waals surface area contributed by atoms with E-state index in [1.807, 2.05) is 0 Å². The Balaban J connectivity index is 2.10. The molecule has 1 saturated heterocycles. The van der Waals surface area contributed by atoms with Crippen molar-refractivity contribution in [2.45, 2.75) is 19.9 Å². The van der Waals surface area contributed by atoms with Crippen molar-refractivity contribution < 1.29 is 9.18 Å². The van der Waals surface area contributed by atoms with E-state index in [0.717, 1.165) is 19.3 Å². The Bertz CT molecular complexity index is 438. The predicted molar refractivity (Wildman–Crippen MR) is 66.8 cm³/mol. The van der Waals surface area contributed by atoms with Crippen LogP contribution < -0.4 is 0 Å². The molecule has 1 aromatic rings. The van der Waals surface area contributed by atoms with Crippen molar-refractivity contribution in [3.63, 3.8) is 0 Å². The van der Waals surface area contributed by atoms with Gasteiger partial charge in [0, 0.05) is 31.9 Å². The molecule has 4 nitrogen and oxygen atoms in total. The van der Waals surface area contributed by atoms with E-state index in [4.69, 9.17) is 0 Å². The summed E-state index contributed by atoms with van der Waals surface area (Å²) in [6, 6.07) is 1.76. The van der Waals surface area contributed by atoms with Gasteiger partial charge in [0.05, 0.1) is 11.8 Å². The predicted octanol–water partition coefficient (Wildman–Crippen LogP) is 1.39. The third-order valence-electron chi connectivity index (χ3n) is 3.46. The van der Waals surface area contributed by atoms with Crippen LogP contribution in [-0.2, 0) is 0 Å². The fourth-order valence-electron chi connectivity index (χ4n) is 2.37. The monoisotopic (exact) mass is 251 g/mol. The molecule has 0 aromatic carbocycles. The third-order valence-corrected chi connectivity index (χ3v) is 3.46. The SMILES string of the molecule is CCN1CCN(C(=O)c2ccncc2F)CC1C. The van der Waals surface area contributed by atoms with Crippen molar-refractivity contribution in [2.75, 3.05) is 26.2 Å². The van der Waals surface area contributed by atoms with Crippen LogP contribution in [0.2, 0.25) is 0 Å². The number of piperazine rings is 1. The number of hydrogen-bond donors (Lipinski definition) is 0. The highest BCUT2D eigenvalue weighted by Crippen LogP contribution is 2.14. The van der Waals surface area contributed by atoms with Gasteiger partial charge in [-0.1, -0.05) is 6.92 Å². The molecule has 1 aromatic heterocycles. The second-order valence-corrected chi connectivity index (χ2v) is 4.58. The quantitative estimate of drug-likeness (QED) is 0.797. The van der Waals surface area contributed by atoms with Gasteiger partial charge >= 0.3 is 0 Å². The van der Waals surface area contributed by atoms with Gasteiger partial charge in [-0.2, -0.15) is 0 Å². The Hall–Kier alpha value is -1.49. The molecule has 1 amide bonds. The highest BCUT2D eigenvalue weighted by atomic mass is 19.1. The summed E-state index contributed by atoms with van der Waals surface area (Å²) >= 11 is 0. The molecular formula is C13H18FN3O. The van der Waals surface area contributed by atoms with Gasteiger partial charge in [0.25, 0.3) is 5.91 Å². The van der Waals surface area contributed by atoms with E-state index in [-0.39, 0.29) is 11.5 Å². The second kappa shape index (κ2) is 5.44. The highest BCUT2D eigenvalue weighted by molar-refractivity contribution is 5.94. The number of amides is 1. The molecule has 1 atom stereocenters. The number of likely N-dealkylation sites (N-methyl/N-ethyl adjacent to an activating group) is 1. The number of carbonyl (C=O) groups excluding carboxylic acids is 1.